The van der Waals surface area contributed by atoms with Crippen molar-refractivity contribution in [1.29, 1.82) is 0 Å². The first kappa shape index (κ1) is 29.1. The normalized spacial score (nSPS) is 14.2. The number of carbonyl (C=O) groups excluding carboxylic acids is 2. The Hall–Kier alpha value is -3.91. The van der Waals surface area contributed by atoms with Crippen molar-refractivity contribution in [2.24, 2.45) is 0 Å². The van der Waals surface area contributed by atoms with Gasteiger partial charge < -0.3 is 18.9 Å². The first-order valence-electron chi connectivity index (χ1n) is 13.4. The highest BCUT2D eigenvalue weighted by Gasteiger charge is 2.35. The van der Waals surface area contributed by atoms with Gasteiger partial charge in [0.25, 0.3) is 11.1 Å². The highest BCUT2D eigenvalue weighted by molar-refractivity contribution is 8.18. The maximum absolute atomic E-state index is 13.1. The van der Waals surface area contributed by atoms with Gasteiger partial charge in [-0.2, -0.15) is 0 Å². The van der Waals surface area contributed by atoms with E-state index < -0.39 is 0 Å². The molecule has 8 heteroatoms. The second-order valence-electron chi connectivity index (χ2n) is 9.53. The molecular weight excluding hydrogens is 526 g/mol. The topological polar surface area (TPSA) is 74.3 Å². The summed E-state index contributed by atoms with van der Waals surface area (Å²) in [6.07, 6.45) is 1.70. The highest BCUT2D eigenvalue weighted by Crippen LogP contribution is 2.35. The Kier molecular flexibility index (Phi) is 10.1. The Bertz CT molecular complexity index is 1350. The van der Waals surface area contributed by atoms with Gasteiger partial charge in [-0.05, 0) is 84.6 Å². The summed E-state index contributed by atoms with van der Waals surface area (Å²) < 4.78 is 23.3. The van der Waals surface area contributed by atoms with Crippen LogP contribution in [0.25, 0.3) is 6.08 Å². The molecule has 0 saturated carbocycles. The molecule has 1 saturated heterocycles. The molecule has 1 fully saturated rings. The van der Waals surface area contributed by atoms with Crippen LogP contribution in [-0.2, 0) is 4.79 Å². The molecule has 1 heterocycles. The maximum Gasteiger partial charge on any atom is 0.293 e. The summed E-state index contributed by atoms with van der Waals surface area (Å²) in [5.74, 6) is 2.68. The summed E-state index contributed by atoms with van der Waals surface area (Å²) in [6, 6.07) is 21.1. The Balaban J connectivity index is 1.37. The lowest BCUT2D eigenvalue weighted by Crippen LogP contribution is -2.32. The minimum Gasteiger partial charge on any atom is -0.491 e. The molecule has 210 valence electrons. The van der Waals surface area contributed by atoms with Gasteiger partial charge in [0.2, 0.25) is 0 Å². The molecule has 4 rings (SSSR count). The summed E-state index contributed by atoms with van der Waals surface area (Å²) >= 11 is 0.926. The van der Waals surface area contributed by atoms with E-state index in [4.69, 9.17) is 18.9 Å². The van der Waals surface area contributed by atoms with Crippen LogP contribution in [0.4, 0.5) is 4.79 Å². The van der Waals surface area contributed by atoms with Crippen molar-refractivity contribution in [3.8, 4) is 23.0 Å². The number of carbonyl (C=O) groups is 2. The largest absolute Gasteiger partial charge is 0.491 e. The van der Waals surface area contributed by atoms with Crippen molar-refractivity contribution >= 4 is 29.0 Å². The fourth-order valence-corrected chi connectivity index (χ4v) is 5.03. The van der Waals surface area contributed by atoms with Gasteiger partial charge in [-0.25, -0.2) is 0 Å². The molecule has 40 heavy (non-hydrogen) atoms. The molecule has 0 aliphatic carbocycles. The number of nitrogens with zero attached hydrogens (tertiary/aromatic N) is 1. The zero-order valence-electron chi connectivity index (χ0n) is 23.3. The highest BCUT2D eigenvalue weighted by atomic mass is 32.2. The second-order valence-corrected chi connectivity index (χ2v) is 10.5. The van der Waals surface area contributed by atoms with Crippen LogP contribution in [0.2, 0.25) is 0 Å². The SMILES string of the molecule is CCOc1cc(/C=C2\SC(=O)N(CCOc3cc(C)ccc3C(C)C)C2=O)ccc1OCCOc1ccccc1. The van der Waals surface area contributed by atoms with Gasteiger partial charge in [-0.3, -0.25) is 14.5 Å². The molecule has 0 radical (unpaired) electrons. The van der Waals surface area contributed by atoms with Gasteiger partial charge in [0.15, 0.2) is 11.5 Å². The number of hydrogen-bond donors (Lipinski definition) is 0. The molecule has 2 amide bonds. The van der Waals surface area contributed by atoms with Gasteiger partial charge in [-0.15, -0.1) is 0 Å². The average Bonchev–Trinajstić information content (AvgIpc) is 3.20. The van der Waals surface area contributed by atoms with Crippen LogP contribution in [-0.4, -0.2) is 49.0 Å². The van der Waals surface area contributed by atoms with Crippen molar-refractivity contribution in [1.82, 2.24) is 4.90 Å². The zero-order chi connectivity index (χ0) is 28.5. The standard InChI is InChI=1S/C32H35NO6S/c1-5-36-29-20-24(12-14-27(29)39-18-17-37-25-9-7-6-8-10-25)21-30-31(34)33(32(35)40-30)15-16-38-28-19-23(4)11-13-26(28)22(2)3/h6-14,19-22H,5,15-18H2,1-4H3/b30-21-. The van der Waals surface area contributed by atoms with E-state index in [9.17, 15) is 9.59 Å². The molecule has 1 aliphatic heterocycles. The summed E-state index contributed by atoms with van der Waals surface area (Å²) in [4.78, 5) is 27.3. The van der Waals surface area contributed by atoms with Crippen molar-refractivity contribution in [2.75, 3.05) is 33.0 Å². The molecule has 3 aromatic carbocycles. The molecule has 3 aromatic rings. The van der Waals surface area contributed by atoms with Gasteiger partial charge in [0, 0.05) is 0 Å². The Labute approximate surface area is 240 Å². The van der Waals surface area contributed by atoms with Gasteiger partial charge >= 0.3 is 0 Å². The van der Waals surface area contributed by atoms with Crippen LogP contribution >= 0.6 is 11.8 Å². The van der Waals surface area contributed by atoms with Crippen molar-refractivity contribution in [3.63, 3.8) is 0 Å². The van der Waals surface area contributed by atoms with Gasteiger partial charge in [0.05, 0.1) is 18.1 Å². The number of imide groups is 1. The van der Waals surface area contributed by atoms with Gasteiger partial charge in [0.1, 0.15) is 31.3 Å². The van der Waals surface area contributed by atoms with Crippen molar-refractivity contribution in [3.05, 3.63) is 88.3 Å². The lowest BCUT2D eigenvalue weighted by atomic mass is 10.0. The third kappa shape index (κ3) is 7.60. The number of benzene rings is 3. The summed E-state index contributed by atoms with van der Waals surface area (Å²) in [5, 5.41) is -0.309. The molecule has 0 unspecified atom stereocenters. The van der Waals surface area contributed by atoms with E-state index in [2.05, 4.69) is 26.0 Å². The predicted molar refractivity (Wildman–Crippen MR) is 158 cm³/mol. The molecule has 0 aromatic heterocycles. The lowest BCUT2D eigenvalue weighted by Gasteiger charge is -2.17. The number of aryl methyl sites for hydroxylation is 1. The number of hydrogen-bond acceptors (Lipinski definition) is 7. The molecular formula is C32H35NO6S. The Morgan fingerprint density at radius 2 is 1.57 bits per heavy atom. The minimum absolute atomic E-state index is 0.176. The molecule has 0 bridgehead atoms. The quantitative estimate of drug-likeness (QED) is 0.163. The number of amides is 2. The average molecular weight is 562 g/mol. The van der Waals surface area contributed by atoms with E-state index in [1.165, 1.54) is 4.90 Å². The number of ether oxygens (including phenoxy) is 4. The van der Waals surface area contributed by atoms with Crippen LogP contribution in [0.3, 0.4) is 0 Å². The smallest absolute Gasteiger partial charge is 0.293 e. The molecule has 0 atom stereocenters. The van der Waals surface area contributed by atoms with Crippen LogP contribution in [0.15, 0.2) is 71.6 Å². The van der Waals surface area contributed by atoms with Crippen molar-refractivity contribution in [2.45, 2.75) is 33.6 Å². The second kappa shape index (κ2) is 13.9. The predicted octanol–water partition coefficient (Wildman–Crippen LogP) is 7.09. The minimum atomic E-state index is -0.330. The monoisotopic (exact) mass is 561 g/mol. The summed E-state index contributed by atoms with van der Waals surface area (Å²) in [7, 11) is 0. The van der Waals surface area contributed by atoms with Crippen molar-refractivity contribution < 1.29 is 28.5 Å². The van der Waals surface area contributed by atoms with E-state index >= 15 is 0 Å². The summed E-state index contributed by atoms with van der Waals surface area (Å²) in [5.41, 5.74) is 2.93. The van der Waals surface area contributed by atoms with Gasteiger partial charge in [-0.1, -0.05) is 50.2 Å². The van der Waals surface area contributed by atoms with E-state index in [-0.39, 0.29) is 24.3 Å². The molecule has 0 N–H and O–H groups in total. The third-order valence-corrected chi connectivity index (χ3v) is 7.06. The Morgan fingerprint density at radius 3 is 2.33 bits per heavy atom. The summed E-state index contributed by atoms with van der Waals surface area (Å²) in [6.45, 7) is 9.70. The number of para-hydroxylation sites is 1. The molecule has 0 spiro atoms. The lowest BCUT2D eigenvalue weighted by molar-refractivity contribution is -0.123. The van der Waals surface area contributed by atoms with E-state index in [1.807, 2.05) is 56.3 Å². The number of rotatable bonds is 13. The maximum atomic E-state index is 13.1. The zero-order valence-corrected chi connectivity index (χ0v) is 24.2. The first-order chi connectivity index (χ1) is 19.4. The van der Waals surface area contributed by atoms with Crippen LogP contribution < -0.4 is 18.9 Å². The van der Waals surface area contributed by atoms with E-state index in [0.717, 1.165) is 40.0 Å². The Morgan fingerprint density at radius 1 is 0.825 bits per heavy atom. The fraction of sp³-hybridized carbons (Fsp3) is 0.312. The van der Waals surface area contributed by atoms with E-state index in [0.29, 0.717) is 42.1 Å². The van der Waals surface area contributed by atoms with E-state index in [1.54, 1.807) is 18.2 Å². The van der Waals surface area contributed by atoms with Crippen LogP contribution in [0.5, 0.6) is 23.0 Å². The number of thioether (sulfide) groups is 1. The first-order valence-corrected chi connectivity index (χ1v) is 14.2. The van der Waals surface area contributed by atoms with Crippen LogP contribution in [0, 0.1) is 6.92 Å². The third-order valence-electron chi connectivity index (χ3n) is 6.16. The molecule has 7 nitrogen and oxygen atoms in total. The van der Waals surface area contributed by atoms with Crippen LogP contribution in [0.1, 0.15) is 43.4 Å². The fourth-order valence-electron chi connectivity index (χ4n) is 4.16. The molecule has 1 aliphatic rings.